The Morgan fingerprint density at radius 1 is 1.12 bits per heavy atom. The van der Waals surface area contributed by atoms with E-state index >= 15 is 0 Å². The number of phenolic OH excluding ortho intramolecular Hbond substituents is 1. The fraction of sp³-hybridized carbons (Fsp3) is 0.0909. The van der Waals surface area contributed by atoms with E-state index < -0.39 is 17.9 Å². The van der Waals surface area contributed by atoms with Gasteiger partial charge in [-0.2, -0.15) is 0 Å². The Hall–Kier alpha value is -3.24. The Morgan fingerprint density at radius 3 is 2.47 bits per heavy atom. The van der Waals surface area contributed by atoms with Crippen LogP contribution >= 0.6 is 31.9 Å². The number of phenols is 1. The molecule has 2 amide bonds. The largest absolute Gasteiger partial charge is 0.506 e. The van der Waals surface area contributed by atoms with Crippen molar-refractivity contribution in [3.63, 3.8) is 0 Å². The van der Waals surface area contributed by atoms with Gasteiger partial charge in [0.25, 0.3) is 5.91 Å². The maximum Gasteiger partial charge on any atom is 0.254 e. The third-order valence-corrected chi connectivity index (χ3v) is 6.09. The van der Waals surface area contributed by atoms with Crippen molar-refractivity contribution in [1.82, 2.24) is 20.3 Å². The van der Waals surface area contributed by atoms with Crippen molar-refractivity contribution in [3.8, 4) is 17.1 Å². The number of aromatic hydroxyl groups is 1. The average molecular weight is 559 g/mol. The molecule has 2 aromatic heterocycles. The Bertz CT molecular complexity index is 1300. The fourth-order valence-electron chi connectivity index (χ4n) is 3.29. The zero-order chi connectivity index (χ0) is 22.8. The van der Waals surface area contributed by atoms with Crippen LogP contribution in [0.15, 0.2) is 63.8 Å². The standard InChI is InChI=1S/C22H17Br2N5O3/c23-14-8-11(9-15(24)19(14)30)10-17(20(25)31)28-22(32)13-2-1-3-16-18(13)29-21(27-16)12-4-6-26-7-5-12/h1-9,17,30H,10H2,(H2,25,31)(H,27,29)(H,28,32)/t17-/m0/s1. The predicted octanol–water partition coefficient (Wildman–Crippen LogP) is 3.68. The number of H-pyrrole nitrogens is 1. The van der Waals surface area contributed by atoms with E-state index in [1.165, 1.54) is 0 Å². The maximum atomic E-state index is 13.1. The number of carbonyl (C=O) groups is 2. The molecule has 0 aliphatic rings. The number of benzene rings is 2. The van der Waals surface area contributed by atoms with Crippen molar-refractivity contribution in [2.24, 2.45) is 5.73 Å². The number of halogens is 2. The minimum atomic E-state index is -0.959. The van der Waals surface area contributed by atoms with Crippen molar-refractivity contribution < 1.29 is 14.7 Å². The lowest BCUT2D eigenvalue weighted by atomic mass is 10.0. The van der Waals surface area contributed by atoms with Crippen LogP contribution in [0.3, 0.4) is 0 Å². The van der Waals surface area contributed by atoms with Gasteiger partial charge in [0.15, 0.2) is 0 Å². The third kappa shape index (κ3) is 4.51. The van der Waals surface area contributed by atoms with E-state index in [1.807, 2.05) is 18.2 Å². The van der Waals surface area contributed by atoms with Crippen molar-refractivity contribution in [3.05, 3.63) is 74.9 Å². The first kappa shape index (κ1) is 22.0. The van der Waals surface area contributed by atoms with Crippen LogP contribution in [0.2, 0.25) is 0 Å². The summed E-state index contributed by atoms with van der Waals surface area (Å²) in [6, 6.07) is 11.2. The molecule has 0 unspecified atom stereocenters. The van der Waals surface area contributed by atoms with Crippen molar-refractivity contribution in [2.75, 3.05) is 0 Å². The number of nitrogens with zero attached hydrogens (tertiary/aromatic N) is 2. The van der Waals surface area contributed by atoms with Crippen LogP contribution in [0.25, 0.3) is 22.4 Å². The van der Waals surface area contributed by atoms with Gasteiger partial charge < -0.3 is 21.1 Å². The highest BCUT2D eigenvalue weighted by Crippen LogP contribution is 2.33. The van der Waals surface area contributed by atoms with Gasteiger partial charge in [-0.3, -0.25) is 14.6 Å². The van der Waals surface area contributed by atoms with E-state index in [-0.39, 0.29) is 12.2 Å². The first-order chi connectivity index (χ1) is 15.3. The van der Waals surface area contributed by atoms with Crippen LogP contribution in [0.4, 0.5) is 0 Å². The lowest BCUT2D eigenvalue weighted by Gasteiger charge is -2.16. The van der Waals surface area contributed by atoms with E-state index in [9.17, 15) is 14.7 Å². The summed E-state index contributed by atoms with van der Waals surface area (Å²) >= 11 is 6.52. The molecular formula is C22H17Br2N5O3. The SMILES string of the molecule is NC(=O)[C@H](Cc1cc(Br)c(O)c(Br)c1)NC(=O)c1cccc2[nH]c(-c3ccncc3)nc12. The molecule has 2 aromatic carbocycles. The number of rotatable bonds is 6. The van der Waals surface area contributed by atoms with E-state index in [4.69, 9.17) is 5.73 Å². The summed E-state index contributed by atoms with van der Waals surface area (Å²) in [5.74, 6) is -0.494. The molecule has 4 rings (SSSR count). The molecule has 0 fully saturated rings. The predicted molar refractivity (Wildman–Crippen MR) is 127 cm³/mol. The van der Waals surface area contributed by atoms with Gasteiger partial charge >= 0.3 is 0 Å². The summed E-state index contributed by atoms with van der Waals surface area (Å²) in [5.41, 5.74) is 8.57. The van der Waals surface area contributed by atoms with Gasteiger partial charge in [-0.25, -0.2) is 4.98 Å². The molecular weight excluding hydrogens is 542 g/mol. The molecule has 0 saturated carbocycles. The highest BCUT2D eigenvalue weighted by atomic mass is 79.9. The molecule has 1 atom stereocenters. The van der Waals surface area contributed by atoms with Crippen LogP contribution in [0.5, 0.6) is 5.75 Å². The number of nitrogens with one attached hydrogen (secondary N) is 2. The Balaban J connectivity index is 1.61. The van der Waals surface area contributed by atoms with E-state index in [0.717, 1.165) is 5.56 Å². The molecule has 0 radical (unpaired) electrons. The summed E-state index contributed by atoms with van der Waals surface area (Å²) in [4.78, 5) is 36.9. The number of pyridine rings is 1. The van der Waals surface area contributed by atoms with Crippen molar-refractivity contribution >= 4 is 54.7 Å². The topological polar surface area (TPSA) is 134 Å². The Kier molecular flexibility index (Phi) is 6.24. The molecule has 5 N–H and O–H groups in total. The molecule has 0 spiro atoms. The number of aromatic amines is 1. The van der Waals surface area contributed by atoms with Gasteiger partial charge in [-0.1, -0.05) is 6.07 Å². The summed E-state index contributed by atoms with van der Waals surface area (Å²) in [6.45, 7) is 0. The minimum Gasteiger partial charge on any atom is -0.506 e. The van der Waals surface area contributed by atoms with Gasteiger partial charge in [-0.15, -0.1) is 0 Å². The fourth-order valence-corrected chi connectivity index (χ4v) is 4.57. The summed E-state index contributed by atoms with van der Waals surface area (Å²) in [6.07, 6.45) is 3.47. The van der Waals surface area contributed by atoms with Gasteiger partial charge in [0.1, 0.15) is 23.1 Å². The minimum absolute atomic E-state index is 0.0450. The molecule has 0 saturated heterocycles. The second-order valence-corrected chi connectivity index (χ2v) is 8.77. The summed E-state index contributed by atoms with van der Waals surface area (Å²) < 4.78 is 0.919. The molecule has 0 bridgehead atoms. The number of primary amides is 1. The second-order valence-electron chi connectivity index (χ2n) is 7.06. The van der Waals surface area contributed by atoms with Crippen LogP contribution in [0, 0.1) is 0 Å². The first-order valence-electron chi connectivity index (χ1n) is 9.49. The van der Waals surface area contributed by atoms with Crippen molar-refractivity contribution in [1.29, 1.82) is 0 Å². The number of nitrogens with two attached hydrogens (primary N) is 1. The van der Waals surface area contributed by atoms with Crippen molar-refractivity contribution in [2.45, 2.75) is 12.5 Å². The molecule has 0 aliphatic heterocycles. The van der Waals surface area contributed by atoms with Gasteiger partial charge in [-0.05, 0) is 73.8 Å². The normalized spacial score (nSPS) is 11.9. The van der Waals surface area contributed by atoms with Crippen LogP contribution in [0.1, 0.15) is 15.9 Å². The molecule has 0 aliphatic carbocycles. The van der Waals surface area contributed by atoms with Gasteiger partial charge in [0.05, 0.1) is 20.0 Å². The highest BCUT2D eigenvalue weighted by molar-refractivity contribution is 9.11. The number of amides is 2. The number of carbonyl (C=O) groups excluding carboxylic acids is 2. The van der Waals surface area contributed by atoms with E-state index in [2.05, 4.69) is 52.1 Å². The van der Waals surface area contributed by atoms with E-state index in [1.54, 1.807) is 36.7 Å². The summed E-state index contributed by atoms with van der Waals surface area (Å²) in [5, 5.41) is 12.6. The highest BCUT2D eigenvalue weighted by Gasteiger charge is 2.22. The van der Waals surface area contributed by atoms with Crippen LogP contribution in [-0.2, 0) is 11.2 Å². The quantitative estimate of drug-likeness (QED) is 0.286. The molecule has 8 nitrogen and oxygen atoms in total. The lowest BCUT2D eigenvalue weighted by Crippen LogP contribution is -2.45. The number of imidazole rings is 1. The number of fused-ring (bicyclic) bond motifs is 1. The molecule has 10 heteroatoms. The smallest absolute Gasteiger partial charge is 0.254 e. The van der Waals surface area contributed by atoms with Gasteiger partial charge in [0, 0.05) is 24.4 Å². The van der Waals surface area contributed by atoms with Crippen LogP contribution in [-0.4, -0.2) is 37.9 Å². The zero-order valence-corrected chi connectivity index (χ0v) is 19.6. The zero-order valence-electron chi connectivity index (χ0n) is 16.5. The first-order valence-corrected chi connectivity index (χ1v) is 11.1. The summed E-state index contributed by atoms with van der Waals surface area (Å²) in [7, 11) is 0. The van der Waals surface area contributed by atoms with Crippen LogP contribution < -0.4 is 11.1 Å². The van der Waals surface area contributed by atoms with E-state index in [0.29, 0.717) is 36.9 Å². The lowest BCUT2D eigenvalue weighted by molar-refractivity contribution is -0.119. The van der Waals surface area contributed by atoms with Gasteiger partial charge in [0.2, 0.25) is 5.91 Å². The average Bonchev–Trinajstić information content (AvgIpc) is 3.22. The number of para-hydroxylation sites is 1. The number of aromatic nitrogens is 3. The molecule has 2 heterocycles. The molecule has 32 heavy (non-hydrogen) atoms. The Labute approximate surface area is 199 Å². The molecule has 162 valence electrons. The Morgan fingerprint density at radius 2 is 1.81 bits per heavy atom. The maximum absolute atomic E-state index is 13.1. The number of hydrogen-bond acceptors (Lipinski definition) is 5. The molecule has 4 aromatic rings. The third-order valence-electron chi connectivity index (χ3n) is 4.88. The monoisotopic (exact) mass is 557 g/mol. The number of hydrogen-bond donors (Lipinski definition) is 4. The second kappa shape index (κ2) is 9.09.